The maximum absolute atomic E-state index is 3.53. The fourth-order valence-corrected chi connectivity index (χ4v) is 2.83. The van der Waals surface area contributed by atoms with E-state index in [1.54, 1.807) is 0 Å². The van der Waals surface area contributed by atoms with Gasteiger partial charge in [0.05, 0.1) is 0 Å². The van der Waals surface area contributed by atoms with Crippen LogP contribution in [0.3, 0.4) is 0 Å². The van der Waals surface area contributed by atoms with E-state index in [9.17, 15) is 0 Å². The minimum atomic E-state index is 0.831. The van der Waals surface area contributed by atoms with Crippen molar-refractivity contribution < 1.29 is 0 Å². The molecule has 0 aromatic heterocycles. The molecule has 1 rings (SSSR count). The van der Waals surface area contributed by atoms with Gasteiger partial charge in [-0.3, -0.25) is 0 Å². The van der Waals surface area contributed by atoms with Crippen LogP contribution in [-0.2, 0) is 0 Å². The minimum absolute atomic E-state index is 0.831. The van der Waals surface area contributed by atoms with Crippen molar-refractivity contribution in [2.45, 2.75) is 38.0 Å². The Hall–Kier alpha value is -0.470. The molecule has 0 saturated heterocycles. The Morgan fingerprint density at radius 2 is 1.94 bits per heavy atom. The van der Waals surface area contributed by atoms with Gasteiger partial charge in [0.1, 0.15) is 0 Å². The summed E-state index contributed by atoms with van der Waals surface area (Å²) in [5.74, 6) is 2.06. The smallest absolute Gasteiger partial charge is 0.00719 e. The van der Waals surface area contributed by atoms with Gasteiger partial charge in [0.25, 0.3) is 0 Å². The van der Waals surface area contributed by atoms with Gasteiger partial charge in [0.15, 0.2) is 0 Å². The molecule has 0 aliphatic rings. The first kappa shape index (κ1) is 14.6. The summed E-state index contributed by atoms with van der Waals surface area (Å²) in [4.78, 5) is 1.39. The molecule has 0 spiro atoms. The van der Waals surface area contributed by atoms with Gasteiger partial charge < -0.3 is 5.32 Å². The standard InChI is InChI=1S/C15H25NS/c1-3-11-16-13-14(4-2)10-12-17-15-8-6-5-7-9-15/h5-9,14,16H,3-4,10-13H2,1-2H3. The van der Waals surface area contributed by atoms with Gasteiger partial charge >= 0.3 is 0 Å². The van der Waals surface area contributed by atoms with Crippen molar-refractivity contribution in [3.05, 3.63) is 30.3 Å². The average Bonchev–Trinajstić information content (AvgIpc) is 2.38. The van der Waals surface area contributed by atoms with Crippen molar-refractivity contribution in [3.63, 3.8) is 0 Å². The SMILES string of the molecule is CCCNCC(CC)CCSc1ccccc1. The molecule has 0 aliphatic carbocycles. The lowest BCUT2D eigenvalue weighted by molar-refractivity contribution is 0.453. The summed E-state index contributed by atoms with van der Waals surface area (Å²) in [5, 5.41) is 3.53. The first-order chi connectivity index (χ1) is 8.36. The lowest BCUT2D eigenvalue weighted by Crippen LogP contribution is -2.23. The van der Waals surface area contributed by atoms with Crippen molar-refractivity contribution in [2.75, 3.05) is 18.8 Å². The molecule has 1 unspecified atom stereocenters. The lowest BCUT2D eigenvalue weighted by Gasteiger charge is -2.15. The van der Waals surface area contributed by atoms with E-state index in [0.717, 1.165) is 12.5 Å². The molecule has 0 radical (unpaired) electrons. The van der Waals surface area contributed by atoms with Gasteiger partial charge in [0.2, 0.25) is 0 Å². The number of hydrogen-bond donors (Lipinski definition) is 1. The second-order valence-corrected chi connectivity index (χ2v) is 5.60. The number of hydrogen-bond acceptors (Lipinski definition) is 2. The van der Waals surface area contributed by atoms with E-state index in [2.05, 4.69) is 49.5 Å². The van der Waals surface area contributed by atoms with E-state index < -0.39 is 0 Å². The van der Waals surface area contributed by atoms with Gasteiger partial charge in [0, 0.05) is 4.90 Å². The highest BCUT2D eigenvalue weighted by Gasteiger charge is 2.05. The van der Waals surface area contributed by atoms with E-state index in [-0.39, 0.29) is 0 Å². The van der Waals surface area contributed by atoms with Crippen molar-refractivity contribution in [1.29, 1.82) is 0 Å². The Bertz CT molecular complexity index is 274. The van der Waals surface area contributed by atoms with Crippen molar-refractivity contribution in [3.8, 4) is 0 Å². The Labute approximate surface area is 110 Å². The molecular formula is C15H25NS. The summed E-state index contributed by atoms with van der Waals surface area (Å²) in [6, 6.07) is 10.7. The predicted octanol–water partition coefficient (Wildman–Crippen LogP) is 4.19. The second-order valence-electron chi connectivity index (χ2n) is 4.43. The molecule has 1 atom stereocenters. The molecule has 1 aromatic carbocycles. The highest BCUT2D eigenvalue weighted by molar-refractivity contribution is 7.99. The monoisotopic (exact) mass is 251 g/mol. The fourth-order valence-electron chi connectivity index (χ4n) is 1.79. The van der Waals surface area contributed by atoms with Crippen LogP contribution in [0, 0.1) is 5.92 Å². The zero-order chi connectivity index (χ0) is 12.3. The first-order valence-corrected chi connectivity index (χ1v) is 7.74. The van der Waals surface area contributed by atoms with Crippen molar-refractivity contribution in [1.82, 2.24) is 5.32 Å². The number of thioether (sulfide) groups is 1. The largest absolute Gasteiger partial charge is 0.316 e. The van der Waals surface area contributed by atoms with Gasteiger partial charge in [-0.05, 0) is 49.7 Å². The highest BCUT2D eigenvalue weighted by atomic mass is 32.2. The van der Waals surface area contributed by atoms with Crippen LogP contribution in [0.2, 0.25) is 0 Å². The molecule has 0 saturated carbocycles. The molecular weight excluding hydrogens is 226 g/mol. The summed E-state index contributed by atoms with van der Waals surface area (Å²) in [6.07, 6.45) is 3.83. The summed E-state index contributed by atoms with van der Waals surface area (Å²) in [7, 11) is 0. The predicted molar refractivity (Wildman–Crippen MR) is 78.7 cm³/mol. The number of rotatable bonds is 9. The minimum Gasteiger partial charge on any atom is -0.316 e. The molecule has 0 heterocycles. The van der Waals surface area contributed by atoms with Crippen LogP contribution >= 0.6 is 11.8 Å². The zero-order valence-electron chi connectivity index (χ0n) is 11.1. The molecule has 1 N–H and O–H groups in total. The van der Waals surface area contributed by atoms with E-state index in [1.807, 2.05) is 11.8 Å². The molecule has 0 fully saturated rings. The van der Waals surface area contributed by atoms with E-state index in [0.29, 0.717) is 0 Å². The van der Waals surface area contributed by atoms with E-state index in [1.165, 1.54) is 36.5 Å². The maximum Gasteiger partial charge on any atom is 0.00719 e. The van der Waals surface area contributed by atoms with Crippen LogP contribution in [0.4, 0.5) is 0 Å². The molecule has 1 nitrogen and oxygen atoms in total. The van der Waals surface area contributed by atoms with Crippen molar-refractivity contribution in [2.24, 2.45) is 5.92 Å². The Morgan fingerprint density at radius 1 is 1.18 bits per heavy atom. The normalized spacial score (nSPS) is 12.6. The topological polar surface area (TPSA) is 12.0 Å². The molecule has 2 heteroatoms. The molecule has 0 bridgehead atoms. The van der Waals surface area contributed by atoms with Crippen LogP contribution in [-0.4, -0.2) is 18.8 Å². The van der Waals surface area contributed by atoms with Crippen LogP contribution in [0.15, 0.2) is 35.2 Å². The maximum atomic E-state index is 3.53. The van der Waals surface area contributed by atoms with E-state index >= 15 is 0 Å². The fraction of sp³-hybridized carbons (Fsp3) is 0.600. The third-order valence-electron chi connectivity index (χ3n) is 2.98. The van der Waals surface area contributed by atoms with Gasteiger partial charge in [-0.25, -0.2) is 0 Å². The summed E-state index contributed by atoms with van der Waals surface area (Å²) >= 11 is 1.98. The summed E-state index contributed by atoms with van der Waals surface area (Å²) in [5.41, 5.74) is 0. The Balaban J connectivity index is 2.15. The van der Waals surface area contributed by atoms with Crippen LogP contribution in [0.25, 0.3) is 0 Å². The van der Waals surface area contributed by atoms with Crippen LogP contribution in [0.1, 0.15) is 33.1 Å². The zero-order valence-corrected chi connectivity index (χ0v) is 11.9. The highest BCUT2D eigenvalue weighted by Crippen LogP contribution is 2.20. The van der Waals surface area contributed by atoms with Crippen LogP contribution in [0.5, 0.6) is 0 Å². The Kier molecular flexibility index (Phi) is 8.20. The third kappa shape index (κ3) is 6.75. The van der Waals surface area contributed by atoms with Gasteiger partial charge in [-0.2, -0.15) is 0 Å². The number of nitrogens with one attached hydrogen (secondary N) is 1. The molecule has 0 aliphatic heterocycles. The average molecular weight is 251 g/mol. The van der Waals surface area contributed by atoms with Gasteiger partial charge in [-0.1, -0.05) is 38.5 Å². The molecule has 0 amide bonds. The number of benzene rings is 1. The van der Waals surface area contributed by atoms with Crippen LogP contribution < -0.4 is 5.32 Å². The third-order valence-corrected chi connectivity index (χ3v) is 4.02. The summed E-state index contributed by atoms with van der Waals surface area (Å²) < 4.78 is 0. The van der Waals surface area contributed by atoms with Crippen molar-refractivity contribution >= 4 is 11.8 Å². The first-order valence-electron chi connectivity index (χ1n) is 6.75. The summed E-state index contributed by atoms with van der Waals surface area (Å²) in [6.45, 7) is 6.85. The quantitative estimate of drug-likeness (QED) is 0.521. The Morgan fingerprint density at radius 3 is 2.59 bits per heavy atom. The molecule has 17 heavy (non-hydrogen) atoms. The molecule has 96 valence electrons. The second kappa shape index (κ2) is 9.55. The molecule has 1 aromatic rings. The lowest BCUT2D eigenvalue weighted by atomic mass is 10.0. The van der Waals surface area contributed by atoms with E-state index in [4.69, 9.17) is 0 Å². The van der Waals surface area contributed by atoms with Gasteiger partial charge in [-0.15, -0.1) is 11.8 Å².